The molecule has 1 fully saturated rings. The maximum Gasteiger partial charge on any atom is 0.243 e. The third-order valence-electron chi connectivity index (χ3n) is 13.5. The maximum absolute atomic E-state index is 14.8. The smallest absolute Gasteiger partial charge is 0.243 e. The van der Waals surface area contributed by atoms with E-state index in [1.807, 2.05) is 18.2 Å². The van der Waals surface area contributed by atoms with Crippen LogP contribution in [0.5, 0.6) is 0 Å². The highest BCUT2D eigenvalue weighted by atomic mass is 16.3. The summed E-state index contributed by atoms with van der Waals surface area (Å²) in [7, 11) is 0. The number of aliphatic hydroxyl groups is 1. The van der Waals surface area contributed by atoms with Crippen LogP contribution in [0.1, 0.15) is 67.8 Å². The quantitative estimate of drug-likeness (QED) is 0.0245. The van der Waals surface area contributed by atoms with Gasteiger partial charge in [0.05, 0.1) is 24.9 Å². The minimum atomic E-state index is -1.60. The third-order valence-corrected chi connectivity index (χ3v) is 13.5. The Morgan fingerprint density at radius 3 is 1.99 bits per heavy atom. The van der Waals surface area contributed by atoms with E-state index in [9.17, 15) is 48.3 Å². The Morgan fingerprint density at radius 2 is 1.33 bits per heavy atom. The molecule has 9 atom stereocenters. The van der Waals surface area contributed by atoms with Crippen LogP contribution in [-0.2, 0) is 68.8 Å². The van der Waals surface area contributed by atoms with Gasteiger partial charge in [-0.05, 0) is 68.2 Å². The van der Waals surface area contributed by atoms with E-state index in [4.69, 9.17) is 22.9 Å². The number of guanidine groups is 1. The molecule has 0 saturated carbocycles. The molecule has 2 aromatic heterocycles. The van der Waals surface area contributed by atoms with Crippen LogP contribution in [0.2, 0.25) is 0 Å². The molecule has 3 aromatic carbocycles. The molecule has 0 bridgehead atoms. The van der Waals surface area contributed by atoms with Gasteiger partial charge in [-0.3, -0.25) is 48.1 Å². The SMILES string of the molecule is C[C@@H](O)[C@H](NC(=O)[C@H]1CCCCNC(=O)C[C@H](NC(=O)[C@@H](N)Cc2ccccc2)C(=O)N[C@@H](Cc2cnc[nH]2)C(=O)N[C@H](Cc2ccccc2)C(=O)N[C@@H](CCCN=C(N)N)C(=O)N[C@H](Cc2c[nH]c3ccccc23)C(=O)N1)C(N)=O. The van der Waals surface area contributed by atoms with Crippen LogP contribution in [0.15, 0.2) is 109 Å². The Labute approximate surface area is 466 Å². The number of aromatic amines is 2. The van der Waals surface area contributed by atoms with E-state index < -0.39 is 114 Å². The van der Waals surface area contributed by atoms with Gasteiger partial charge in [0.2, 0.25) is 53.2 Å². The first kappa shape index (κ1) is 61.0. The summed E-state index contributed by atoms with van der Waals surface area (Å²) in [4.78, 5) is 142. The van der Waals surface area contributed by atoms with Crippen molar-refractivity contribution in [3.63, 3.8) is 0 Å². The van der Waals surface area contributed by atoms with Crippen LogP contribution in [0.25, 0.3) is 10.9 Å². The van der Waals surface area contributed by atoms with E-state index in [-0.39, 0.29) is 76.8 Å². The predicted molar refractivity (Wildman–Crippen MR) is 298 cm³/mol. The van der Waals surface area contributed by atoms with Gasteiger partial charge >= 0.3 is 0 Å². The lowest BCUT2D eigenvalue weighted by molar-refractivity contribution is -0.136. The van der Waals surface area contributed by atoms with Crippen molar-refractivity contribution in [2.45, 2.75) is 126 Å². The van der Waals surface area contributed by atoms with Crippen molar-refractivity contribution in [1.29, 1.82) is 0 Å². The number of aliphatic imine (C=N–C) groups is 1. The van der Waals surface area contributed by atoms with E-state index >= 15 is 0 Å². The number of para-hydroxylation sites is 1. The molecule has 0 aliphatic carbocycles. The molecule has 81 heavy (non-hydrogen) atoms. The van der Waals surface area contributed by atoms with E-state index in [2.05, 4.69) is 62.5 Å². The van der Waals surface area contributed by atoms with Crippen LogP contribution in [0.3, 0.4) is 0 Å². The second-order valence-electron chi connectivity index (χ2n) is 19.8. The molecule has 0 radical (unpaired) electrons. The van der Waals surface area contributed by atoms with Crippen LogP contribution >= 0.6 is 0 Å². The zero-order valence-corrected chi connectivity index (χ0v) is 44.8. The average Bonchev–Trinajstić information content (AvgIpc) is 4.15. The van der Waals surface area contributed by atoms with Crippen LogP contribution in [0, 0.1) is 0 Å². The molecule has 6 rings (SSSR count). The van der Waals surface area contributed by atoms with E-state index in [0.29, 0.717) is 16.8 Å². The number of nitrogens with two attached hydrogens (primary N) is 4. The number of benzene rings is 3. The van der Waals surface area contributed by atoms with Crippen LogP contribution < -0.4 is 65.5 Å². The molecule has 26 heteroatoms. The number of rotatable bonds is 18. The fourth-order valence-corrected chi connectivity index (χ4v) is 9.11. The second-order valence-corrected chi connectivity index (χ2v) is 19.8. The molecule has 0 unspecified atom stereocenters. The molecule has 0 spiro atoms. The van der Waals surface area contributed by atoms with Crippen molar-refractivity contribution >= 4 is 70.0 Å². The maximum atomic E-state index is 14.8. The van der Waals surface area contributed by atoms with Gasteiger partial charge < -0.3 is 80.5 Å². The summed E-state index contributed by atoms with van der Waals surface area (Å²) in [6, 6.07) is 13.2. The number of nitrogens with zero attached hydrogens (tertiary/aromatic N) is 2. The Balaban J connectivity index is 1.40. The molecule has 19 N–H and O–H groups in total. The molecule has 26 nitrogen and oxygen atoms in total. The van der Waals surface area contributed by atoms with E-state index in [0.717, 1.165) is 16.5 Å². The lowest BCUT2D eigenvalue weighted by Gasteiger charge is -2.28. The monoisotopic (exact) mass is 1120 g/mol. The highest BCUT2D eigenvalue weighted by Gasteiger charge is 2.36. The number of carbonyl (C=O) groups is 9. The number of hydrogen-bond donors (Lipinski definition) is 15. The zero-order chi connectivity index (χ0) is 58.4. The minimum Gasteiger partial charge on any atom is -0.391 e. The minimum absolute atomic E-state index is 0.0253. The van der Waals surface area contributed by atoms with Gasteiger partial charge in [-0.2, -0.15) is 0 Å². The number of aromatic nitrogens is 3. The number of primary amides is 1. The van der Waals surface area contributed by atoms with Crippen molar-refractivity contribution in [2.75, 3.05) is 13.1 Å². The van der Waals surface area contributed by atoms with Crippen molar-refractivity contribution in [2.24, 2.45) is 27.9 Å². The fourth-order valence-electron chi connectivity index (χ4n) is 9.11. The molecule has 1 saturated heterocycles. The number of hydrogen-bond acceptors (Lipinski definition) is 13. The number of amides is 9. The van der Waals surface area contributed by atoms with Crippen LogP contribution in [0.4, 0.5) is 0 Å². The number of H-pyrrole nitrogens is 2. The summed E-state index contributed by atoms with van der Waals surface area (Å²) in [5.74, 6) is -8.06. The summed E-state index contributed by atoms with van der Waals surface area (Å²) in [5.41, 5.74) is 26.1. The standard InChI is InChI=1S/C55H72N16O10/c1-31(72)46(47(57)74)71-50(77)39-19-10-11-21-61-45(73)27-44(67-48(75)37(56)23-32-13-4-2-5-14-32)54(81)70-43(26-35-29-60-30-64-35)53(80)68-41(24-33-15-6-3-7-16-33)51(78)66-40(20-12-22-62-55(58)59)49(76)69-42(52(79)65-39)25-34-28-63-38-18-9-8-17-36(34)38/h2-9,13-18,28-31,37,39-44,46,63,72H,10-12,19-27,56H2,1H3,(H2,57,74)(H,60,64)(H,61,73)(H,65,79)(H,66,78)(H,67,75)(H,68,80)(H,69,76)(H,70,81)(H,71,77)(H4,58,59,62)/t31-,37+,39-,40+,41-,42-,43+,44+,46+/m1/s1. The Kier molecular flexibility index (Phi) is 22.8. The number of carbonyl (C=O) groups excluding carboxylic acids is 9. The van der Waals surface area contributed by atoms with E-state index in [1.54, 1.807) is 72.9 Å². The topological polar surface area (TPSA) is 431 Å². The van der Waals surface area contributed by atoms with Gasteiger partial charge in [0.1, 0.15) is 42.3 Å². The van der Waals surface area contributed by atoms with E-state index in [1.165, 1.54) is 19.4 Å². The summed E-state index contributed by atoms with van der Waals surface area (Å²) in [6.07, 6.45) is 2.19. The first-order valence-electron chi connectivity index (χ1n) is 26.6. The lowest BCUT2D eigenvalue weighted by atomic mass is 10.0. The molecular formula is C55H72N16O10. The number of nitrogens with one attached hydrogen (secondary N) is 10. The van der Waals surface area contributed by atoms with Crippen molar-refractivity contribution in [3.05, 3.63) is 126 Å². The summed E-state index contributed by atoms with van der Waals surface area (Å²) in [5, 5.41) is 32.4. The first-order chi connectivity index (χ1) is 38.8. The zero-order valence-electron chi connectivity index (χ0n) is 44.8. The van der Waals surface area contributed by atoms with Gasteiger partial charge in [-0.15, -0.1) is 0 Å². The van der Waals surface area contributed by atoms with Gasteiger partial charge in [-0.25, -0.2) is 4.98 Å². The summed E-state index contributed by atoms with van der Waals surface area (Å²) in [6.45, 7) is 1.23. The molecule has 1 aliphatic heterocycles. The molecule has 432 valence electrons. The van der Waals surface area contributed by atoms with Crippen molar-refractivity contribution in [1.82, 2.24) is 57.5 Å². The van der Waals surface area contributed by atoms with Gasteiger partial charge in [0, 0.05) is 61.3 Å². The lowest BCUT2D eigenvalue weighted by Crippen LogP contribution is -2.61. The largest absolute Gasteiger partial charge is 0.391 e. The average molecular weight is 1120 g/mol. The molecule has 9 amide bonds. The van der Waals surface area contributed by atoms with Gasteiger partial charge in [0.25, 0.3) is 0 Å². The Hall–Kier alpha value is -9.17. The number of fused-ring (bicyclic) bond motifs is 1. The second kappa shape index (κ2) is 30.3. The van der Waals surface area contributed by atoms with Gasteiger partial charge in [-0.1, -0.05) is 78.9 Å². The third kappa shape index (κ3) is 19.0. The predicted octanol–water partition coefficient (Wildman–Crippen LogP) is -2.51. The molecule has 1 aliphatic rings. The first-order valence-corrected chi connectivity index (χ1v) is 26.6. The molecular weight excluding hydrogens is 1040 g/mol. The van der Waals surface area contributed by atoms with Gasteiger partial charge in [0.15, 0.2) is 5.96 Å². The van der Waals surface area contributed by atoms with Crippen molar-refractivity contribution < 1.29 is 48.3 Å². The van der Waals surface area contributed by atoms with Crippen molar-refractivity contribution in [3.8, 4) is 0 Å². The number of aliphatic hydroxyl groups excluding tert-OH is 1. The molecule has 3 heterocycles. The molecule has 5 aromatic rings. The Morgan fingerprint density at radius 1 is 0.728 bits per heavy atom. The Bertz CT molecular complexity index is 2970. The van der Waals surface area contributed by atoms with Crippen LogP contribution in [-0.4, -0.2) is 147 Å². The number of imidazole rings is 1. The normalized spacial score (nSPS) is 21.3. The highest BCUT2D eigenvalue weighted by Crippen LogP contribution is 2.20. The summed E-state index contributed by atoms with van der Waals surface area (Å²) < 4.78 is 0. The summed E-state index contributed by atoms with van der Waals surface area (Å²) >= 11 is 0. The highest BCUT2D eigenvalue weighted by molar-refractivity contribution is 5.99. The fraction of sp³-hybridized carbons (Fsp3) is 0.400.